The molecule has 0 saturated carbocycles. The number of hydrogen-bond acceptors (Lipinski definition) is 4. The van der Waals surface area contributed by atoms with Crippen molar-refractivity contribution < 1.29 is 19.3 Å². The van der Waals surface area contributed by atoms with Crippen LogP contribution in [0.2, 0.25) is 0 Å². The first kappa shape index (κ1) is 13.8. The van der Waals surface area contributed by atoms with Crippen LogP contribution < -0.4 is 0 Å². The van der Waals surface area contributed by atoms with E-state index in [4.69, 9.17) is 14.2 Å². The summed E-state index contributed by atoms with van der Waals surface area (Å²) in [6.07, 6.45) is 4.90. The van der Waals surface area contributed by atoms with Gasteiger partial charge in [-0.3, -0.25) is 0 Å². The largest absolute Gasteiger partial charge is 0.392 e. The molecule has 3 fully saturated rings. The summed E-state index contributed by atoms with van der Waals surface area (Å²) in [4.78, 5) is 0. The van der Waals surface area contributed by atoms with Crippen LogP contribution in [0.15, 0.2) is 0 Å². The number of hydrogen-bond donors (Lipinski definition) is 1. The quantitative estimate of drug-likeness (QED) is 0.849. The summed E-state index contributed by atoms with van der Waals surface area (Å²) in [6.45, 7) is 5.21. The highest BCUT2D eigenvalue weighted by molar-refractivity contribution is 4.95. The minimum absolute atomic E-state index is 0.106. The van der Waals surface area contributed by atoms with Gasteiger partial charge in [-0.05, 0) is 31.6 Å². The Morgan fingerprint density at radius 2 is 2.16 bits per heavy atom. The Balaban J connectivity index is 1.64. The molecule has 3 saturated heterocycles. The maximum absolute atomic E-state index is 10.7. The van der Waals surface area contributed by atoms with E-state index in [0.717, 1.165) is 51.9 Å². The molecular formula is C15H26O4. The molecule has 3 rings (SSSR count). The fourth-order valence-corrected chi connectivity index (χ4v) is 4.05. The summed E-state index contributed by atoms with van der Waals surface area (Å²) in [7, 11) is 0. The van der Waals surface area contributed by atoms with Crippen molar-refractivity contribution in [3.63, 3.8) is 0 Å². The number of rotatable bonds is 3. The van der Waals surface area contributed by atoms with E-state index >= 15 is 0 Å². The van der Waals surface area contributed by atoms with Crippen LogP contribution in [0.1, 0.15) is 39.0 Å². The molecule has 0 bridgehead atoms. The Labute approximate surface area is 115 Å². The Morgan fingerprint density at radius 1 is 1.26 bits per heavy atom. The molecule has 3 aliphatic heterocycles. The summed E-state index contributed by atoms with van der Waals surface area (Å²) in [5.41, 5.74) is -0.106. The van der Waals surface area contributed by atoms with Crippen LogP contribution in [0.4, 0.5) is 0 Å². The lowest BCUT2D eigenvalue weighted by molar-refractivity contribution is -0.126. The van der Waals surface area contributed by atoms with Gasteiger partial charge in [0.05, 0.1) is 24.4 Å². The highest BCUT2D eigenvalue weighted by Crippen LogP contribution is 2.40. The van der Waals surface area contributed by atoms with E-state index < -0.39 is 0 Å². The zero-order valence-corrected chi connectivity index (χ0v) is 11.8. The van der Waals surface area contributed by atoms with Gasteiger partial charge in [0.15, 0.2) is 0 Å². The zero-order valence-electron chi connectivity index (χ0n) is 11.8. The van der Waals surface area contributed by atoms with E-state index in [9.17, 15) is 5.11 Å². The molecule has 1 spiro atoms. The first-order chi connectivity index (χ1) is 9.24. The lowest BCUT2D eigenvalue weighted by atomic mass is 9.76. The summed E-state index contributed by atoms with van der Waals surface area (Å²) < 4.78 is 17.2. The molecule has 0 aromatic heterocycles. The SMILES string of the molecule is CCC1OCCC1C(O)C1CCOC2(CCOC2)C1. The Morgan fingerprint density at radius 3 is 2.89 bits per heavy atom. The van der Waals surface area contributed by atoms with Gasteiger partial charge in [0, 0.05) is 32.2 Å². The van der Waals surface area contributed by atoms with Gasteiger partial charge in [-0.2, -0.15) is 0 Å². The van der Waals surface area contributed by atoms with Crippen LogP contribution in [-0.4, -0.2) is 49.3 Å². The van der Waals surface area contributed by atoms with E-state index in [1.54, 1.807) is 0 Å². The molecule has 0 amide bonds. The van der Waals surface area contributed by atoms with Crippen LogP contribution in [0, 0.1) is 11.8 Å². The maximum atomic E-state index is 10.7. The Hall–Kier alpha value is -0.160. The van der Waals surface area contributed by atoms with Crippen molar-refractivity contribution in [2.75, 3.05) is 26.4 Å². The Bertz CT molecular complexity index is 301. The molecule has 110 valence electrons. The van der Waals surface area contributed by atoms with Gasteiger partial charge >= 0.3 is 0 Å². The second-order valence-corrected chi connectivity index (χ2v) is 6.35. The third kappa shape index (κ3) is 2.68. The van der Waals surface area contributed by atoms with Gasteiger partial charge in [0.2, 0.25) is 0 Å². The number of ether oxygens (including phenoxy) is 3. The fraction of sp³-hybridized carbons (Fsp3) is 1.00. The van der Waals surface area contributed by atoms with Crippen molar-refractivity contribution in [3.8, 4) is 0 Å². The minimum Gasteiger partial charge on any atom is -0.392 e. The van der Waals surface area contributed by atoms with Crippen LogP contribution in [-0.2, 0) is 14.2 Å². The molecule has 3 heterocycles. The number of aliphatic hydroxyl groups is 1. The molecule has 4 nitrogen and oxygen atoms in total. The molecule has 1 N–H and O–H groups in total. The summed E-state index contributed by atoms with van der Waals surface area (Å²) >= 11 is 0. The van der Waals surface area contributed by atoms with Gasteiger partial charge in [-0.15, -0.1) is 0 Å². The predicted molar refractivity (Wildman–Crippen MR) is 71.0 cm³/mol. The molecule has 0 radical (unpaired) electrons. The van der Waals surface area contributed by atoms with Crippen molar-refractivity contribution in [2.45, 2.75) is 56.8 Å². The maximum Gasteiger partial charge on any atom is 0.0940 e. The first-order valence-corrected chi connectivity index (χ1v) is 7.75. The van der Waals surface area contributed by atoms with Crippen LogP contribution in [0.25, 0.3) is 0 Å². The molecule has 0 aliphatic carbocycles. The summed E-state index contributed by atoms with van der Waals surface area (Å²) in [5.74, 6) is 0.656. The Kier molecular flexibility index (Phi) is 4.13. The van der Waals surface area contributed by atoms with Crippen LogP contribution in [0.5, 0.6) is 0 Å². The molecule has 3 aliphatic rings. The third-order valence-electron chi connectivity index (χ3n) is 5.18. The van der Waals surface area contributed by atoms with Crippen LogP contribution in [0.3, 0.4) is 0 Å². The van der Waals surface area contributed by atoms with Gasteiger partial charge < -0.3 is 19.3 Å². The number of aliphatic hydroxyl groups excluding tert-OH is 1. The normalized spacial score (nSPS) is 44.8. The van der Waals surface area contributed by atoms with Crippen molar-refractivity contribution >= 4 is 0 Å². The molecule has 4 heteroatoms. The van der Waals surface area contributed by atoms with Crippen LogP contribution >= 0.6 is 0 Å². The van der Waals surface area contributed by atoms with Crippen molar-refractivity contribution in [1.82, 2.24) is 0 Å². The average Bonchev–Trinajstić information content (AvgIpc) is 3.07. The molecular weight excluding hydrogens is 244 g/mol. The van der Waals surface area contributed by atoms with E-state index in [0.29, 0.717) is 18.4 Å². The summed E-state index contributed by atoms with van der Waals surface area (Å²) in [6, 6.07) is 0. The second kappa shape index (κ2) is 5.68. The van der Waals surface area contributed by atoms with E-state index in [1.807, 2.05) is 0 Å². The van der Waals surface area contributed by atoms with Gasteiger partial charge in [0.1, 0.15) is 0 Å². The molecule has 0 aromatic carbocycles. The monoisotopic (exact) mass is 270 g/mol. The standard InChI is InChI=1S/C15H26O4/c1-2-13-12(4-6-18-13)14(16)11-3-7-19-15(9-11)5-8-17-10-15/h11-14,16H,2-10H2,1H3. The topological polar surface area (TPSA) is 47.9 Å². The van der Waals surface area contributed by atoms with Gasteiger partial charge in [-0.1, -0.05) is 6.92 Å². The zero-order chi connectivity index (χ0) is 13.3. The highest BCUT2D eigenvalue weighted by atomic mass is 16.6. The van der Waals surface area contributed by atoms with Gasteiger partial charge in [-0.25, -0.2) is 0 Å². The second-order valence-electron chi connectivity index (χ2n) is 6.35. The van der Waals surface area contributed by atoms with E-state index in [2.05, 4.69) is 6.92 Å². The van der Waals surface area contributed by atoms with Gasteiger partial charge in [0.25, 0.3) is 0 Å². The molecule has 5 atom stereocenters. The van der Waals surface area contributed by atoms with E-state index in [1.165, 1.54) is 0 Å². The minimum atomic E-state index is -0.242. The molecule has 19 heavy (non-hydrogen) atoms. The predicted octanol–water partition coefficient (Wildman–Crippen LogP) is 1.75. The fourth-order valence-electron chi connectivity index (χ4n) is 4.05. The lowest BCUT2D eigenvalue weighted by Crippen LogP contribution is -2.46. The highest BCUT2D eigenvalue weighted by Gasteiger charge is 2.45. The molecule has 0 aromatic rings. The first-order valence-electron chi connectivity index (χ1n) is 7.75. The van der Waals surface area contributed by atoms with Crippen molar-refractivity contribution in [3.05, 3.63) is 0 Å². The third-order valence-corrected chi connectivity index (χ3v) is 5.18. The summed E-state index contributed by atoms with van der Waals surface area (Å²) in [5, 5.41) is 10.7. The van der Waals surface area contributed by atoms with Crippen molar-refractivity contribution in [2.24, 2.45) is 11.8 Å². The van der Waals surface area contributed by atoms with E-state index in [-0.39, 0.29) is 17.8 Å². The molecule has 5 unspecified atom stereocenters. The smallest absolute Gasteiger partial charge is 0.0940 e. The van der Waals surface area contributed by atoms with Crippen molar-refractivity contribution in [1.29, 1.82) is 0 Å². The lowest BCUT2D eigenvalue weighted by Gasteiger charge is -2.40. The average molecular weight is 270 g/mol.